The van der Waals surface area contributed by atoms with E-state index in [1.807, 2.05) is 0 Å². The molecule has 0 saturated carbocycles. The molecule has 0 saturated heterocycles. The number of hydrogen-bond acceptors (Lipinski definition) is 0. The predicted molar refractivity (Wildman–Crippen MR) is 236 cm³/mol. The van der Waals surface area contributed by atoms with Crippen molar-refractivity contribution < 1.29 is 46.1 Å². The van der Waals surface area contributed by atoms with Crippen LogP contribution in [0.3, 0.4) is 0 Å². The van der Waals surface area contributed by atoms with Gasteiger partial charge in [-0.2, -0.15) is 0 Å². The van der Waals surface area contributed by atoms with E-state index in [-0.39, 0.29) is 35.6 Å². The molecule has 0 amide bonds. The Morgan fingerprint density at radius 2 is 1.09 bits per heavy atom. The van der Waals surface area contributed by atoms with Crippen LogP contribution in [0.25, 0.3) is 33.4 Å². The Bertz CT molecular complexity index is 2430. The average molecular weight is 981 g/mol. The molecule has 0 N–H and O–H groups in total. The zero-order chi connectivity index (χ0) is 37.8. The SMILES string of the molecule is CC(C)(C)c1cc2c(cc1-c1ccccc1)Cc1c-2cc(C(C)(C)C)c(-c2ccccc2)[c]1[Zr+2]([C]1=CC=CC1)=[C](c1ccc(Br)cc1)c1ccc(Br)cc1.[Cl-].[Cl-]. The van der Waals surface area contributed by atoms with Gasteiger partial charge >= 0.3 is 349 Å². The molecule has 5 heteroatoms. The Hall–Kier alpha value is -2.91. The molecule has 282 valence electrons. The van der Waals surface area contributed by atoms with Crippen LogP contribution in [0, 0.1) is 0 Å². The molecule has 0 atom stereocenters. The molecule has 6 aromatic rings. The van der Waals surface area contributed by atoms with E-state index in [2.05, 4.69) is 219 Å². The van der Waals surface area contributed by atoms with E-state index in [1.54, 1.807) is 6.55 Å². The molecule has 0 bridgehead atoms. The van der Waals surface area contributed by atoms with Crippen LogP contribution in [0.1, 0.15) is 81.3 Å². The summed E-state index contributed by atoms with van der Waals surface area (Å²) in [6.45, 7) is 14.3. The van der Waals surface area contributed by atoms with Crippen LogP contribution < -0.4 is 28.1 Å². The second kappa shape index (κ2) is 17.1. The van der Waals surface area contributed by atoms with Gasteiger partial charge in [0.1, 0.15) is 0 Å². The Morgan fingerprint density at radius 3 is 1.59 bits per heavy atom. The zero-order valence-electron chi connectivity index (χ0n) is 32.8. The zero-order valence-corrected chi connectivity index (χ0v) is 39.9. The van der Waals surface area contributed by atoms with Crippen molar-refractivity contribution in [2.75, 3.05) is 0 Å². The number of allylic oxidation sites excluding steroid dienone is 4. The van der Waals surface area contributed by atoms with Gasteiger partial charge in [0.2, 0.25) is 0 Å². The first-order chi connectivity index (χ1) is 25.9. The standard InChI is InChI=1S/C33H33.C13H8Br2.C5H5.2ClH.Zr/c1-32(2,3)30-20-26-24(18-28(30)22-13-9-7-10-14-22)17-25-19-29(23-15-11-8-12-16-23)31(21-27(25)26)33(4,5)6;14-12-5-1-10(2-6-12)9-11-3-7-13(15)8-4-11;1-2-4-5-3-1;;;/h7-16,18,20-21H,17H2,1-6H3;1-8H;1-3H,4H2;2*1H;/q;;;;;+2/p-2. The van der Waals surface area contributed by atoms with E-state index in [0.717, 1.165) is 21.8 Å². The van der Waals surface area contributed by atoms with Gasteiger partial charge in [-0.15, -0.1) is 0 Å². The van der Waals surface area contributed by atoms with E-state index in [4.69, 9.17) is 0 Å². The topological polar surface area (TPSA) is 0 Å². The van der Waals surface area contributed by atoms with Crippen LogP contribution in [0.15, 0.2) is 158 Å². The molecule has 0 aliphatic heterocycles. The van der Waals surface area contributed by atoms with Crippen molar-refractivity contribution >= 4 is 38.3 Å². The fourth-order valence-corrected chi connectivity index (χ4v) is 17.4. The van der Waals surface area contributed by atoms with Crippen molar-refractivity contribution in [2.45, 2.75) is 65.2 Å². The van der Waals surface area contributed by atoms with Crippen LogP contribution in [0.4, 0.5) is 0 Å². The quantitative estimate of drug-likeness (QED) is 0.158. The molecule has 0 unspecified atom stereocenters. The van der Waals surface area contributed by atoms with Gasteiger partial charge in [-0.1, -0.05) is 0 Å². The van der Waals surface area contributed by atoms with E-state index in [1.165, 1.54) is 70.0 Å². The first-order valence-electron chi connectivity index (χ1n) is 19.0. The molecule has 2 aliphatic rings. The maximum Gasteiger partial charge on any atom is -1.00 e. The van der Waals surface area contributed by atoms with Crippen molar-refractivity contribution in [3.05, 3.63) is 191 Å². The van der Waals surface area contributed by atoms with Crippen molar-refractivity contribution in [1.82, 2.24) is 0 Å². The summed E-state index contributed by atoms with van der Waals surface area (Å²) in [6.07, 6.45) is 9.11. The Labute approximate surface area is 370 Å². The van der Waals surface area contributed by atoms with Gasteiger partial charge in [-0.05, 0) is 0 Å². The predicted octanol–water partition coefficient (Wildman–Crippen LogP) is 8.08. The third-order valence-electron chi connectivity index (χ3n) is 11.0. The normalized spacial score (nSPS) is 12.8. The van der Waals surface area contributed by atoms with Gasteiger partial charge in [0.25, 0.3) is 0 Å². The molecule has 8 rings (SSSR count). The Morgan fingerprint density at radius 1 is 0.571 bits per heavy atom. The van der Waals surface area contributed by atoms with Gasteiger partial charge in [0.15, 0.2) is 0 Å². The minimum atomic E-state index is -3.07. The largest absolute Gasteiger partial charge is 1.00 e. The summed E-state index contributed by atoms with van der Waals surface area (Å²) in [7, 11) is 0. The van der Waals surface area contributed by atoms with Gasteiger partial charge in [0, 0.05) is 0 Å². The Kier molecular flexibility index (Phi) is 13.1. The molecular formula is C51H46Br2Cl2Zr. The van der Waals surface area contributed by atoms with E-state index < -0.39 is 21.3 Å². The van der Waals surface area contributed by atoms with E-state index >= 15 is 0 Å². The number of halogens is 4. The molecule has 0 fully saturated rings. The summed E-state index contributed by atoms with van der Waals surface area (Å²) >= 11 is 4.45. The van der Waals surface area contributed by atoms with Crippen LogP contribution in [0.2, 0.25) is 0 Å². The van der Waals surface area contributed by atoms with Gasteiger partial charge in [-0.3, -0.25) is 0 Å². The molecular weight excluding hydrogens is 934 g/mol. The summed E-state index contributed by atoms with van der Waals surface area (Å²) in [5.74, 6) is 0. The molecule has 0 nitrogen and oxygen atoms in total. The maximum atomic E-state index is 3.76. The summed E-state index contributed by atoms with van der Waals surface area (Å²) < 4.78 is 7.01. The van der Waals surface area contributed by atoms with E-state index in [0.29, 0.717) is 0 Å². The van der Waals surface area contributed by atoms with Gasteiger partial charge < -0.3 is 24.8 Å². The van der Waals surface area contributed by atoms with Gasteiger partial charge in [0.05, 0.1) is 0 Å². The van der Waals surface area contributed by atoms with Crippen molar-refractivity contribution in [1.29, 1.82) is 0 Å². The van der Waals surface area contributed by atoms with Crippen LogP contribution >= 0.6 is 31.9 Å². The molecule has 0 heterocycles. The second-order valence-corrected chi connectivity index (χ2v) is 24.5. The number of hydrogen-bond donors (Lipinski definition) is 0. The first-order valence-corrected chi connectivity index (χ1v) is 24.3. The van der Waals surface area contributed by atoms with Crippen LogP contribution in [-0.2, 0) is 38.5 Å². The summed E-state index contributed by atoms with van der Waals surface area (Å²) in [4.78, 5) is 0. The minimum absolute atomic E-state index is 0. The average Bonchev–Trinajstić information content (AvgIpc) is 3.82. The molecule has 0 spiro atoms. The van der Waals surface area contributed by atoms with Gasteiger partial charge in [-0.25, -0.2) is 0 Å². The summed E-state index contributed by atoms with van der Waals surface area (Å²) in [5, 5.41) is 0. The monoisotopic (exact) mass is 976 g/mol. The minimum Gasteiger partial charge on any atom is -1.00 e. The molecule has 56 heavy (non-hydrogen) atoms. The summed E-state index contributed by atoms with van der Waals surface area (Å²) in [5.41, 5.74) is 16.7. The van der Waals surface area contributed by atoms with Crippen molar-refractivity contribution in [3.8, 4) is 33.4 Å². The van der Waals surface area contributed by atoms with Crippen molar-refractivity contribution in [2.24, 2.45) is 0 Å². The number of fused-ring (bicyclic) bond motifs is 3. The fraction of sp³-hybridized carbons (Fsp3) is 0.196. The van der Waals surface area contributed by atoms with Crippen LogP contribution in [-0.4, -0.2) is 3.21 Å². The molecule has 6 aromatic carbocycles. The third-order valence-corrected chi connectivity index (χ3v) is 19.7. The molecule has 0 aromatic heterocycles. The molecule has 2 aliphatic carbocycles. The number of rotatable bonds is 6. The van der Waals surface area contributed by atoms with Crippen molar-refractivity contribution in [3.63, 3.8) is 0 Å². The summed E-state index contributed by atoms with van der Waals surface area (Å²) in [6, 6.07) is 48.3. The second-order valence-electron chi connectivity index (χ2n) is 16.8. The number of benzene rings is 6. The molecule has 0 radical (unpaired) electrons. The smallest absolute Gasteiger partial charge is 1.00 e. The third kappa shape index (κ3) is 8.33. The van der Waals surface area contributed by atoms with E-state index in [9.17, 15) is 0 Å². The fourth-order valence-electron chi connectivity index (χ4n) is 8.40. The first kappa shape index (κ1) is 42.7. The van der Waals surface area contributed by atoms with Crippen LogP contribution in [0.5, 0.6) is 0 Å². The maximum absolute atomic E-state index is 3.76. The Balaban J connectivity index is 0.00000266.